The predicted octanol–water partition coefficient (Wildman–Crippen LogP) is 4.31. The van der Waals surface area contributed by atoms with E-state index in [1.54, 1.807) is 6.20 Å². The van der Waals surface area contributed by atoms with Crippen molar-refractivity contribution in [2.45, 2.75) is 32.4 Å². The van der Waals surface area contributed by atoms with Crippen molar-refractivity contribution >= 4 is 34.0 Å². The Kier molecular flexibility index (Phi) is 6.30. The second-order valence-electron chi connectivity index (χ2n) is 6.43. The first-order valence-electron chi connectivity index (χ1n) is 8.67. The summed E-state index contributed by atoms with van der Waals surface area (Å²) in [6, 6.07) is 13.4. The van der Waals surface area contributed by atoms with Crippen LogP contribution < -0.4 is 10.9 Å². The molecule has 0 saturated carbocycles. The van der Waals surface area contributed by atoms with Crippen LogP contribution in [0.5, 0.6) is 0 Å². The fourth-order valence-corrected chi connectivity index (χ4v) is 3.24. The number of halogens is 2. The molecule has 4 nitrogen and oxygen atoms in total. The van der Waals surface area contributed by atoms with E-state index < -0.39 is 0 Å². The smallest absolute Gasteiger partial charge is 0.274 e. The van der Waals surface area contributed by atoms with Gasteiger partial charge >= 0.3 is 0 Å². The number of aromatic nitrogens is 2. The van der Waals surface area contributed by atoms with E-state index >= 15 is 0 Å². The van der Waals surface area contributed by atoms with Gasteiger partial charge in [-0.3, -0.25) is 4.79 Å². The minimum absolute atomic E-state index is 0.0486. The molecular formula is C20H21Cl2N3O. The van der Waals surface area contributed by atoms with Crippen LogP contribution in [0.2, 0.25) is 10.0 Å². The average molecular weight is 390 g/mol. The van der Waals surface area contributed by atoms with Crippen molar-refractivity contribution in [2.24, 2.45) is 0 Å². The minimum Gasteiger partial charge on any atom is -0.312 e. The highest BCUT2D eigenvalue weighted by molar-refractivity contribution is 6.42. The summed E-state index contributed by atoms with van der Waals surface area (Å²) in [5.41, 5.74) is 1.12. The molecule has 6 heteroatoms. The summed E-state index contributed by atoms with van der Waals surface area (Å²) in [4.78, 5) is 12.5. The van der Waals surface area contributed by atoms with Crippen molar-refractivity contribution < 1.29 is 0 Å². The maximum absolute atomic E-state index is 12.5. The molecule has 0 bridgehead atoms. The Balaban J connectivity index is 1.51. The molecule has 0 unspecified atom stereocenters. The zero-order valence-electron chi connectivity index (χ0n) is 14.6. The average Bonchev–Trinajstić information content (AvgIpc) is 2.64. The SMILES string of the molecule is C[C@@H](Cn1ncc2ccccc2c1=O)NCCCc1ccc(Cl)c(Cl)c1. The van der Waals surface area contributed by atoms with Crippen molar-refractivity contribution in [2.75, 3.05) is 6.54 Å². The highest BCUT2D eigenvalue weighted by Gasteiger charge is 2.08. The van der Waals surface area contributed by atoms with Crippen molar-refractivity contribution in [3.8, 4) is 0 Å². The van der Waals surface area contributed by atoms with Crippen molar-refractivity contribution in [3.05, 3.63) is 74.6 Å². The topological polar surface area (TPSA) is 46.9 Å². The Morgan fingerprint density at radius 3 is 2.77 bits per heavy atom. The zero-order valence-corrected chi connectivity index (χ0v) is 16.1. The minimum atomic E-state index is -0.0486. The molecule has 1 heterocycles. The first-order valence-corrected chi connectivity index (χ1v) is 9.42. The molecular weight excluding hydrogens is 369 g/mol. The molecule has 0 aliphatic carbocycles. The molecule has 136 valence electrons. The highest BCUT2D eigenvalue weighted by atomic mass is 35.5. The lowest BCUT2D eigenvalue weighted by atomic mass is 10.1. The normalized spacial score (nSPS) is 12.4. The number of fused-ring (bicyclic) bond motifs is 1. The van der Waals surface area contributed by atoms with E-state index in [0.717, 1.165) is 24.8 Å². The number of hydrogen-bond donors (Lipinski definition) is 1. The third-order valence-corrected chi connectivity index (χ3v) is 5.07. The summed E-state index contributed by atoms with van der Waals surface area (Å²) in [6.07, 6.45) is 3.64. The predicted molar refractivity (Wildman–Crippen MR) is 108 cm³/mol. The molecule has 1 aromatic heterocycles. The molecule has 1 N–H and O–H groups in total. The van der Waals surface area contributed by atoms with Gasteiger partial charge in [0.2, 0.25) is 0 Å². The molecule has 0 saturated heterocycles. The van der Waals surface area contributed by atoms with Crippen LogP contribution in [0.1, 0.15) is 18.9 Å². The van der Waals surface area contributed by atoms with Crippen LogP contribution in [-0.2, 0) is 13.0 Å². The van der Waals surface area contributed by atoms with Crippen LogP contribution >= 0.6 is 23.2 Å². The molecule has 0 aliphatic heterocycles. The second-order valence-corrected chi connectivity index (χ2v) is 7.24. The quantitative estimate of drug-likeness (QED) is 0.612. The van der Waals surface area contributed by atoms with Gasteiger partial charge in [-0.05, 0) is 50.1 Å². The Morgan fingerprint density at radius 1 is 1.15 bits per heavy atom. The van der Waals surface area contributed by atoms with E-state index in [-0.39, 0.29) is 11.6 Å². The largest absolute Gasteiger partial charge is 0.312 e. The van der Waals surface area contributed by atoms with Gasteiger partial charge in [-0.15, -0.1) is 0 Å². The molecule has 0 radical (unpaired) electrons. The Hall–Kier alpha value is -1.88. The molecule has 3 aromatic rings. The molecule has 26 heavy (non-hydrogen) atoms. The number of nitrogens with one attached hydrogen (secondary N) is 1. The molecule has 0 amide bonds. The molecule has 0 aliphatic rings. The summed E-state index contributed by atoms with van der Waals surface area (Å²) < 4.78 is 1.53. The lowest BCUT2D eigenvalue weighted by Crippen LogP contribution is -2.36. The van der Waals surface area contributed by atoms with Gasteiger partial charge in [0.25, 0.3) is 5.56 Å². The maximum Gasteiger partial charge on any atom is 0.274 e. The Labute approximate surface area is 162 Å². The fourth-order valence-electron chi connectivity index (χ4n) is 2.92. The number of hydrogen-bond acceptors (Lipinski definition) is 3. The number of aryl methyl sites for hydroxylation is 1. The summed E-state index contributed by atoms with van der Waals surface area (Å²) in [6.45, 7) is 3.45. The van der Waals surface area contributed by atoms with E-state index in [4.69, 9.17) is 23.2 Å². The van der Waals surface area contributed by atoms with Gasteiger partial charge in [-0.25, -0.2) is 4.68 Å². The maximum atomic E-state index is 12.5. The van der Waals surface area contributed by atoms with E-state index in [1.165, 1.54) is 10.2 Å². The van der Waals surface area contributed by atoms with Crippen LogP contribution in [-0.4, -0.2) is 22.4 Å². The van der Waals surface area contributed by atoms with Crippen LogP contribution in [0.4, 0.5) is 0 Å². The second kappa shape index (κ2) is 8.67. The lowest BCUT2D eigenvalue weighted by Gasteiger charge is -2.15. The summed E-state index contributed by atoms with van der Waals surface area (Å²) >= 11 is 12.0. The van der Waals surface area contributed by atoms with Gasteiger partial charge < -0.3 is 5.32 Å². The van der Waals surface area contributed by atoms with Gasteiger partial charge in [0.05, 0.1) is 28.2 Å². The van der Waals surface area contributed by atoms with E-state index in [1.807, 2.05) is 42.5 Å². The fraction of sp³-hybridized carbons (Fsp3) is 0.300. The van der Waals surface area contributed by atoms with Gasteiger partial charge in [0, 0.05) is 11.4 Å². The third-order valence-electron chi connectivity index (χ3n) is 4.33. The van der Waals surface area contributed by atoms with Gasteiger partial charge in [-0.1, -0.05) is 47.5 Å². The van der Waals surface area contributed by atoms with E-state index in [2.05, 4.69) is 17.3 Å². The third kappa shape index (κ3) is 4.64. The monoisotopic (exact) mass is 389 g/mol. The van der Waals surface area contributed by atoms with Gasteiger partial charge in [0.1, 0.15) is 0 Å². The number of nitrogens with zero attached hydrogens (tertiary/aromatic N) is 2. The molecule has 0 fully saturated rings. The highest BCUT2D eigenvalue weighted by Crippen LogP contribution is 2.23. The standard InChI is InChI=1S/C20H21Cl2N3O/c1-14(23-10-4-5-15-8-9-18(21)19(22)11-15)13-25-20(26)17-7-3-2-6-16(17)12-24-25/h2-3,6-9,11-12,14,23H,4-5,10,13H2,1H3/t14-/m0/s1. The summed E-state index contributed by atoms with van der Waals surface area (Å²) in [7, 11) is 0. The van der Waals surface area contributed by atoms with Crippen molar-refractivity contribution in [1.29, 1.82) is 0 Å². The van der Waals surface area contributed by atoms with Gasteiger partial charge in [-0.2, -0.15) is 5.10 Å². The summed E-state index contributed by atoms with van der Waals surface area (Å²) in [5.74, 6) is 0. The first kappa shape index (κ1) is 18.9. The Morgan fingerprint density at radius 2 is 1.96 bits per heavy atom. The molecule has 3 rings (SSSR count). The number of benzene rings is 2. The number of rotatable bonds is 7. The van der Waals surface area contributed by atoms with Crippen LogP contribution in [0.25, 0.3) is 10.8 Å². The molecule has 0 spiro atoms. The first-order chi connectivity index (χ1) is 12.5. The Bertz CT molecular complexity index is 955. The van der Waals surface area contributed by atoms with Crippen molar-refractivity contribution in [1.82, 2.24) is 15.1 Å². The van der Waals surface area contributed by atoms with Gasteiger partial charge in [0.15, 0.2) is 0 Å². The molecule has 2 aromatic carbocycles. The molecule has 1 atom stereocenters. The van der Waals surface area contributed by atoms with Crippen molar-refractivity contribution in [3.63, 3.8) is 0 Å². The lowest BCUT2D eigenvalue weighted by molar-refractivity contribution is 0.438. The van der Waals surface area contributed by atoms with Crippen LogP contribution in [0.15, 0.2) is 53.5 Å². The zero-order chi connectivity index (χ0) is 18.5. The van der Waals surface area contributed by atoms with Crippen LogP contribution in [0.3, 0.4) is 0 Å². The van der Waals surface area contributed by atoms with E-state index in [9.17, 15) is 4.79 Å². The summed E-state index contributed by atoms with van der Waals surface area (Å²) in [5, 5.41) is 10.5. The van der Waals surface area contributed by atoms with E-state index in [0.29, 0.717) is 22.0 Å². The van der Waals surface area contributed by atoms with Crippen LogP contribution in [0, 0.1) is 0 Å².